The maximum absolute atomic E-state index is 14.8. The number of rotatable bonds is 21. The van der Waals surface area contributed by atoms with Gasteiger partial charge in [-0.1, -0.05) is 61.2 Å². The molecule has 102 heavy (non-hydrogen) atoms. The number of likely N-dealkylation sites (tertiary alicyclic amines) is 2. The maximum Gasteiger partial charge on any atom is 0.411 e. The second-order valence-electron chi connectivity index (χ2n) is 30.8. The number of ether oxygens (including phenoxy) is 2. The average molecular weight is 1430 g/mol. The first-order valence-electron chi connectivity index (χ1n) is 36.8. The fourth-order valence-corrected chi connectivity index (χ4v) is 15.5. The van der Waals surface area contributed by atoms with E-state index in [-0.39, 0.29) is 60.0 Å². The summed E-state index contributed by atoms with van der Waals surface area (Å²) in [6.45, 7) is 20.4. The summed E-state index contributed by atoms with van der Waals surface area (Å²) in [7, 11) is 0. The standard InChI is InChI=1S/C76H103ClF2N14O9/c1-74(2,3)101-72(99)85-76(27-34-90(35-28-76)68-61-23-29-80-67(61)81-51-82-68)71(98)83-63(53-17-20-59(77)21-18-53)26-33-86-36-40-89(41-37-86)64(94)49-87-31-24-52(25-32-87)46-88-38-42-91(43-39-88)70(97)66(54-12-8-7-9-13-54)84-69(96)56-15-10-14-55(44-56)57-16-11-30-92(47-57)65(95)50-93(73(100)102-75(4,5)6)48-58-19-22-60(78)45-62(58)79/h10,14-15,17-23,29,44-45,51-52,54,57,63,66H,7-9,11-13,16,24-28,30-43,46-50H2,1-6H3,(H,83,98)(H,84,96)(H,85,99)(H,80,81,82)/t57?,63-,66+/m0/s1. The van der Waals surface area contributed by atoms with E-state index in [1.54, 1.807) is 52.5 Å². The van der Waals surface area contributed by atoms with Gasteiger partial charge in [-0.25, -0.2) is 28.3 Å². The minimum absolute atomic E-state index is 0.0195. The van der Waals surface area contributed by atoms with Crippen LogP contribution >= 0.6 is 11.6 Å². The van der Waals surface area contributed by atoms with Crippen molar-refractivity contribution in [2.75, 3.05) is 123 Å². The molecule has 0 radical (unpaired) electrons. The molecular formula is C76H103ClF2N14O9. The number of hydrogen-bond acceptors (Lipinski definition) is 15. The zero-order chi connectivity index (χ0) is 72.3. The summed E-state index contributed by atoms with van der Waals surface area (Å²) in [6, 6.07) is 18.9. The van der Waals surface area contributed by atoms with Crippen LogP contribution in [0.25, 0.3) is 11.0 Å². The lowest BCUT2D eigenvalue weighted by atomic mass is 9.83. The highest BCUT2D eigenvalue weighted by atomic mass is 35.5. The summed E-state index contributed by atoms with van der Waals surface area (Å²) < 4.78 is 39.9. The first kappa shape index (κ1) is 75.2. The van der Waals surface area contributed by atoms with Gasteiger partial charge in [0.2, 0.25) is 23.6 Å². The normalized spacial score (nSPS) is 20.0. The summed E-state index contributed by atoms with van der Waals surface area (Å²) in [4.78, 5) is 127. The number of anilines is 1. The minimum atomic E-state index is -1.27. The van der Waals surface area contributed by atoms with E-state index >= 15 is 0 Å². The summed E-state index contributed by atoms with van der Waals surface area (Å²) in [5.74, 6) is -1.29. The van der Waals surface area contributed by atoms with E-state index in [1.807, 2.05) is 64.5 Å². The van der Waals surface area contributed by atoms with Crippen molar-refractivity contribution in [1.29, 1.82) is 0 Å². The number of piperidine rings is 3. The molecule has 1 aliphatic carbocycles. The SMILES string of the molecule is CC(C)(C)OC(=O)NC1(C(=O)N[C@@H](CCN2CCN(C(=O)CN3CCC(CN4CCN(C(=O)[C@H](NC(=O)c5cccc(C6CCCN(C(=O)CN(Cc7ccc(F)cc7F)C(=O)OC(C)(C)C)C6)c5)C5CCCCC5)CC4)CC3)CC2)c2ccc(Cl)cc2)CCN(c2ncnc3[nH]ccc23)CC1. The molecule has 1 unspecified atom stereocenters. The van der Waals surface area contributed by atoms with Crippen LogP contribution in [0.15, 0.2) is 85.3 Å². The number of fused-ring (bicyclic) bond motifs is 1. The third-order valence-electron chi connectivity index (χ3n) is 21.1. The van der Waals surface area contributed by atoms with E-state index in [2.05, 4.69) is 50.5 Å². The van der Waals surface area contributed by atoms with Crippen molar-refractivity contribution in [2.24, 2.45) is 11.8 Å². The van der Waals surface area contributed by atoms with Crippen LogP contribution in [-0.4, -0.2) is 232 Å². The molecule has 1 saturated carbocycles. The van der Waals surface area contributed by atoms with Crippen LogP contribution in [-0.2, 0) is 35.2 Å². The number of carbonyl (C=O) groups is 7. The Morgan fingerprint density at radius 1 is 0.696 bits per heavy atom. The van der Waals surface area contributed by atoms with Gasteiger partial charge in [0.05, 0.1) is 24.5 Å². The molecule has 6 fully saturated rings. The van der Waals surface area contributed by atoms with Gasteiger partial charge in [-0.15, -0.1) is 0 Å². The molecule has 5 aromatic rings. The highest BCUT2D eigenvalue weighted by molar-refractivity contribution is 6.30. The van der Waals surface area contributed by atoms with Crippen LogP contribution in [0.3, 0.4) is 0 Å². The van der Waals surface area contributed by atoms with Gasteiger partial charge >= 0.3 is 12.2 Å². The lowest BCUT2D eigenvalue weighted by Gasteiger charge is -2.42. The van der Waals surface area contributed by atoms with Gasteiger partial charge in [-0.3, -0.25) is 43.6 Å². The van der Waals surface area contributed by atoms with E-state index < -0.39 is 52.6 Å². The highest BCUT2D eigenvalue weighted by Crippen LogP contribution is 2.34. The molecule has 0 bridgehead atoms. The molecule has 3 atom stereocenters. The van der Waals surface area contributed by atoms with Gasteiger partial charge in [0, 0.05) is 126 Å². The quantitative estimate of drug-likeness (QED) is 0.0535. The van der Waals surface area contributed by atoms with Crippen LogP contribution in [0, 0.1) is 23.5 Å². The average Bonchev–Trinajstić information content (AvgIpc) is 0.820. The smallest absolute Gasteiger partial charge is 0.411 e. The predicted molar refractivity (Wildman–Crippen MR) is 385 cm³/mol. The zero-order valence-electron chi connectivity index (χ0n) is 60.2. The molecule has 7 heterocycles. The third kappa shape index (κ3) is 20.0. The van der Waals surface area contributed by atoms with Gasteiger partial charge < -0.3 is 50.0 Å². The number of hydrogen-bond donors (Lipinski definition) is 4. The number of alkyl carbamates (subject to hydrolysis) is 1. The zero-order valence-corrected chi connectivity index (χ0v) is 60.9. The molecule has 5 aliphatic heterocycles. The molecule has 11 rings (SSSR count). The molecule has 23 nitrogen and oxygen atoms in total. The largest absolute Gasteiger partial charge is 0.444 e. The molecule has 552 valence electrons. The molecular weight excluding hydrogens is 1330 g/mol. The Bertz CT molecular complexity index is 3720. The van der Waals surface area contributed by atoms with Gasteiger partial charge in [0.15, 0.2) is 0 Å². The summed E-state index contributed by atoms with van der Waals surface area (Å²) >= 11 is 6.37. The van der Waals surface area contributed by atoms with E-state index in [0.29, 0.717) is 121 Å². The Hall–Kier alpha value is -8.00. The van der Waals surface area contributed by atoms with Crippen molar-refractivity contribution >= 4 is 70.2 Å². The Labute approximate surface area is 603 Å². The molecule has 0 spiro atoms. The van der Waals surface area contributed by atoms with Crippen LogP contribution in [0.2, 0.25) is 5.02 Å². The molecule has 6 aliphatic rings. The summed E-state index contributed by atoms with van der Waals surface area (Å²) in [5.41, 5.74) is 0.0620. The molecule has 2 aromatic heterocycles. The molecule has 3 aromatic carbocycles. The molecule has 4 N–H and O–H groups in total. The van der Waals surface area contributed by atoms with Crippen molar-refractivity contribution < 1.29 is 51.8 Å². The van der Waals surface area contributed by atoms with Crippen LogP contribution in [0.4, 0.5) is 24.2 Å². The van der Waals surface area contributed by atoms with Crippen LogP contribution < -0.4 is 20.9 Å². The Morgan fingerprint density at radius 2 is 1.39 bits per heavy atom. The van der Waals surface area contributed by atoms with Crippen molar-refractivity contribution in [2.45, 2.75) is 160 Å². The van der Waals surface area contributed by atoms with Crippen molar-refractivity contribution in [1.82, 2.24) is 65.2 Å². The minimum Gasteiger partial charge on any atom is -0.444 e. The van der Waals surface area contributed by atoms with Crippen LogP contribution in [0.1, 0.15) is 158 Å². The van der Waals surface area contributed by atoms with E-state index in [0.717, 1.165) is 129 Å². The van der Waals surface area contributed by atoms with Gasteiger partial charge in [-0.2, -0.15) is 0 Å². The lowest BCUT2D eigenvalue weighted by molar-refractivity contribution is -0.137. The lowest BCUT2D eigenvalue weighted by Crippen LogP contribution is -2.64. The highest BCUT2D eigenvalue weighted by Gasteiger charge is 2.46. The Balaban J connectivity index is 0.620. The fraction of sp³-hybridized carbons (Fsp3) is 0.592. The topological polar surface area (TPSA) is 242 Å². The van der Waals surface area contributed by atoms with Crippen molar-refractivity contribution in [3.63, 3.8) is 0 Å². The third-order valence-corrected chi connectivity index (χ3v) is 21.4. The molecule has 5 saturated heterocycles. The maximum atomic E-state index is 14.8. The van der Waals surface area contributed by atoms with E-state index in [9.17, 15) is 42.3 Å². The fourth-order valence-electron chi connectivity index (χ4n) is 15.4. The summed E-state index contributed by atoms with van der Waals surface area (Å²) in [6.07, 6.45) is 11.3. The number of H-pyrrole nitrogens is 1. The number of piperazine rings is 2. The number of amides is 7. The Kier molecular flexibility index (Phi) is 24.8. The van der Waals surface area contributed by atoms with Gasteiger partial charge in [-0.05, 0) is 172 Å². The van der Waals surface area contributed by atoms with Gasteiger partial charge in [0.1, 0.15) is 58.8 Å². The number of nitrogens with zero attached hydrogens (tertiary/aromatic N) is 10. The number of aromatic nitrogens is 3. The number of aromatic amines is 1. The number of carbonyl (C=O) groups excluding carboxylic acids is 7. The van der Waals surface area contributed by atoms with Crippen molar-refractivity contribution in [3.05, 3.63) is 124 Å². The predicted octanol–water partition coefficient (Wildman–Crippen LogP) is 9.52. The van der Waals surface area contributed by atoms with E-state index in [1.165, 1.54) is 12.4 Å². The Morgan fingerprint density at radius 3 is 2.09 bits per heavy atom. The number of halogens is 3. The van der Waals surface area contributed by atoms with Crippen LogP contribution in [0.5, 0.6) is 0 Å². The number of benzene rings is 3. The molecule has 7 amide bonds. The monoisotopic (exact) mass is 1430 g/mol. The molecule has 26 heteroatoms. The van der Waals surface area contributed by atoms with Crippen molar-refractivity contribution in [3.8, 4) is 0 Å². The first-order valence-corrected chi connectivity index (χ1v) is 37.1. The second-order valence-corrected chi connectivity index (χ2v) is 31.2. The number of nitrogens with one attached hydrogen (secondary N) is 4. The van der Waals surface area contributed by atoms with Gasteiger partial charge in [0.25, 0.3) is 5.91 Å². The summed E-state index contributed by atoms with van der Waals surface area (Å²) in [5, 5.41) is 11.1. The second kappa shape index (κ2) is 33.6. The van der Waals surface area contributed by atoms with E-state index in [4.69, 9.17) is 21.1 Å². The first-order chi connectivity index (χ1) is 48.8.